The van der Waals surface area contributed by atoms with E-state index in [1.165, 1.54) is 5.56 Å². The van der Waals surface area contributed by atoms with Crippen LogP contribution in [-0.2, 0) is 12.5 Å². The summed E-state index contributed by atoms with van der Waals surface area (Å²) >= 11 is 9.41. The average Bonchev–Trinajstić information content (AvgIpc) is 2.46. The third-order valence-corrected chi connectivity index (χ3v) is 3.77. The van der Waals surface area contributed by atoms with Crippen molar-refractivity contribution in [1.82, 2.24) is 0 Å². The fraction of sp³-hybridized carbons (Fsp3) is 0.250. The molecular formula is C16H16BrClO2. The zero-order chi connectivity index (χ0) is 14.5. The smallest absolute Gasteiger partial charge is 0.125 e. The number of hydrogen-bond acceptors (Lipinski definition) is 2. The molecule has 0 saturated carbocycles. The molecule has 4 heteroatoms. The predicted molar refractivity (Wildman–Crippen MR) is 85.8 cm³/mol. The van der Waals surface area contributed by atoms with E-state index in [4.69, 9.17) is 21.1 Å². The van der Waals surface area contributed by atoms with Crippen LogP contribution in [0.2, 0.25) is 0 Å². The Morgan fingerprint density at radius 2 is 1.80 bits per heavy atom. The Bertz CT molecular complexity index is 599. The molecule has 0 atom stereocenters. The van der Waals surface area contributed by atoms with E-state index in [1.807, 2.05) is 43.3 Å². The first-order chi connectivity index (χ1) is 9.63. The molecule has 2 aromatic rings. The van der Waals surface area contributed by atoms with Crippen LogP contribution in [0.25, 0.3) is 0 Å². The van der Waals surface area contributed by atoms with E-state index in [9.17, 15) is 0 Å². The molecule has 0 bridgehead atoms. The van der Waals surface area contributed by atoms with Gasteiger partial charge < -0.3 is 9.47 Å². The van der Waals surface area contributed by atoms with Crippen molar-refractivity contribution in [2.45, 2.75) is 19.4 Å². The molecule has 0 aromatic heterocycles. The molecule has 0 aliphatic carbocycles. The van der Waals surface area contributed by atoms with Crippen molar-refractivity contribution in [2.24, 2.45) is 0 Å². The average molecular weight is 356 g/mol. The van der Waals surface area contributed by atoms with Gasteiger partial charge in [-0.15, -0.1) is 11.6 Å². The van der Waals surface area contributed by atoms with Gasteiger partial charge in [-0.3, -0.25) is 0 Å². The Hall–Kier alpha value is -1.19. The number of benzene rings is 2. The minimum atomic E-state index is 0.437. The van der Waals surface area contributed by atoms with Gasteiger partial charge in [0.1, 0.15) is 18.1 Å². The monoisotopic (exact) mass is 354 g/mol. The molecule has 0 N–H and O–H groups in total. The standard InChI is InChI=1S/C16H16BrClO2/c1-11-3-5-16(12(7-11)9-18)20-10-13-8-14(17)4-6-15(13)19-2/h3-8H,9-10H2,1-2H3. The van der Waals surface area contributed by atoms with Gasteiger partial charge in [0, 0.05) is 15.6 Å². The molecule has 2 rings (SSSR count). The first-order valence-corrected chi connectivity index (χ1v) is 7.57. The van der Waals surface area contributed by atoms with E-state index < -0.39 is 0 Å². The number of ether oxygens (including phenoxy) is 2. The van der Waals surface area contributed by atoms with Crippen molar-refractivity contribution in [3.05, 3.63) is 57.6 Å². The Kier molecular flexibility index (Phi) is 5.32. The summed E-state index contributed by atoms with van der Waals surface area (Å²) in [5.74, 6) is 2.06. The third kappa shape index (κ3) is 3.68. The van der Waals surface area contributed by atoms with Crippen molar-refractivity contribution in [2.75, 3.05) is 7.11 Å². The molecule has 0 fully saturated rings. The van der Waals surface area contributed by atoms with Crippen LogP contribution in [0.3, 0.4) is 0 Å². The van der Waals surface area contributed by atoms with Crippen molar-refractivity contribution in [3.63, 3.8) is 0 Å². The van der Waals surface area contributed by atoms with E-state index in [2.05, 4.69) is 15.9 Å². The van der Waals surface area contributed by atoms with E-state index >= 15 is 0 Å². The predicted octanol–water partition coefficient (Wildman–Crippen LogP) is 5.08. The lowest BCUT2D eigenvalue weighted by atomic mass is 10.1. The largest absolute Gasteiger partial charge is 0.496 e. The summed E-state index contributed by atoms with van der Waals surface area (Å²) in [5.41, 5.74) is 3.16. The molecular weight excluding hydrogens is 340 g/mol. The van der Waals surface area contributed by atoms with E-state index in [0.29, 0.717) is 12.5 Å². The van der Waals surface area contributed by atoms with E-state index in [-0.39, 0.29) is 0 Å². The van der Waals surface area contributed by atoms with E-state index in [0.717, 1.165) is 27.1 Å². The second-order valence-corrected chi connectivity index (χ2v) is 5.67. The number of hydrogen-bond donors (Lipinski definition) is 0. The molecule has 0 unspecified atom stereocenters. The second-order valence-electron chi connectivity index (χ2n) is 4.49. The highest BCUT2D eigenvalue weighted by Crippen LogP contribution is 2.27. The Balaban J connectivity index is 2.18. The number of methoxy groups -OCH3 is 1. The summed E-state index contributed by atoms with van der Waals surface area (Å²) in [4.78, 5) is 0. The highest BCUT2D eigenvalue weighted by molar-refractivity contribution is 9.10. The molecule has 0 amide bonds. The second kappa shape index (κ2) is 7.00. The molecule has 0 aliphatic heterocycles. The molecule has 106 valence electrons. The maximum atomic E-state index is 5.96. The van der Waals surface area contributed by atoms with Crippen LogP contribution in [0.4, 0.5) is 0 Å². The first-order valence-electron chi connectivity index (χ1n) is 6.24. The number of rotatable bonds is 5. The van der Waals surface area contributed by atoms with Crippen molar-refractivity contribution in [3.8, 4) is 11.5 Å². The zero-order valence-corrected chi connectivity index (χ0v) is 13.8. The highest BCUT2D eigenvalue weighted by atomic mass is 79.9. The van der Waals surface area contributed by atoms with Crippen LogP contribution in [0.15, 0.2) is 40.9 Å². The van der Waals surface area contributed by atoms with Gasteiger partial charge in [-0.25, -0.2) is 0 Å². The first kappa shape index (κ1) is 15.2. The quantitative estimate of drug-likeness (QED) is 0.696. The van der Waals surface area contributed by atoms with Gasteiger partial charge in [0.2, 0.25) is 0 Å². The third-order valence-electron chi connectivity index (χ3n) is 2.99. The summed E-state index contributed by atoms with van der Waals surface area (Å²) in [5, 5.41) is 0. The van der Waals surface area contributed by atoms with Crippen molar-refractivity contribution in [1.29, 1.82) is 0 Å². The van der Waals surface area contributed by atoms with Gasteiger partial charge in [-0.05, 0) is 31.2 Å². The number of alkyl halides is 1. The van der Waals surface area contributed by atoms with Gasteiger partial charge in [0.25, 0.3) is 0 Å². The Labute approximate surface area is 132 Å². The molecule has 0 radical (unpaired) electrons. The summed E-state index contributed by atoms with van der Waals surface area (Å²) < 4.78 is 12.2. The van der Waals surface area contributed by atoms with Crippen LogP contribution in [0.5, 0.6) is 11.5 Å². The lowest BCUT2D eigenvalue weighted by molar-refractivity contribution is 0.294. The maximum Gasteiger partial charge on any atom is 0.125 e. The summed E-state index contributed by atoms with van der Waals surface area (Å²) in [6.45, 7) is 2.48. The zero-order valence-electron chi connectivity index (χ0n) is 11.5. The van der Waals surface area contributed by atoms with Gasteiger partial charge in [-0.2, -0.15) is 0 Å². The maximum absolute atomic E-state index is 5.96. The fourth-order valence-corrected chi connectivity index (χ4v) is 2.59. The fourth-order valence-electron chi connectivity index (χ4n) is 1.97. The number of halogens is 2. The van der Waals surface area contributed by atoms with Gasteiger partial charge in [0.05, 0.1) is 13.0 Å². The molecule has 2 aromatic carbocycles. The minimum Gasteiger partial charge on any atom is -0.496 e. The van der Waals surface area contributed by atoms with Crippen LogP contribution in [0, 0.1) is 6.92 Å². The van der Waals surface area contributed by atoms with Crippen LogP contribution in [0.1, 0.15) is 16.7 Å². The van der Waals surface area contributed by atoms with Crippen LogP contribution < -0.4 is 9.47 Å². The Morgan fingerprint density at radius 1 is 1.05 bits per heavy atom. The summed E-state index contributed by atoms with van der Waals surface area (Å²) in [6.07, 6.45) is 0. The van der Waals surface area contributed by atoms with Gasteiger partial charge in [-0.1, -0.05) is 33.6 Å². The topological polar surface area (TPSA) is 18.5 Å². The molecule has 0 aliphatic rings. The molecule has 0 saturated heterocycles. The molecule has 2 nitrogen and oxygen atoms in total. The van der Waals surface area contributed by atoms with Gasteiger partial charge >= 0.3 is 0 Å². The van der Waals surface area contributed by atoms with E-state index in [1.54, 1.807) is 7.11 Å². The summed E-state index contributed by atoms with van der Waals surface area (Å²) in [6, 6.07) is 11.9. The minimum absolute atomic E-state index is 0.437. The Morgan fingerprint density at radius 3 is 2.50 bits per heavy atom. The normalized spacial score (nSPS) is 10.4. The van der Waals surface area contributed by atoms with Crippen molar-refractivity contribution < 1.29 is 9.47 Å². The van der Waals surface area contributed by atoms with Crippen LogP contribution >= 0.6 is 27.5 Å². The molecule has 0 heterocycles. The highest BCUT2D eigenvalue weighted by Gasteiger charge is 2.07. The van der Waals surface area contributed by atoms with Crippen molar-refractivity contribution >= 4 is 27.5 Å². The lowest BCUT2D eigenvalue weighted by Gasteiger charge is -2.13. The lowest BCUT2D eigenvalue weighted by Crippen LogP contribution is -2.00. The van der Waals surface area contributed by atoms with Gasteiger partial charge in [0.15, 0.2) is 0 Å². The van der Waals surface area contributed by atoms with Crippen LogP contribution in [-0.4, -0.2) is 7.11 Å². The molecule has 20 heavy (non-hydrogen) atoms. The number of aryl methyl sites for hydroxylation is 1. The summed E-state index contributed by atoms with van der Waals surface area (Å²) in [7, 11) is 1.66. The molecule has 0 spiro atoms. The SMILES string of the molecule is COc1ccc(Br)cc1COc1ccc(C)cc1CCl.